The number of carbonyl (C=O) groups is 1. The zero-order valence-electron chi connectivity index (χ0n) is 15.6. The summed E-state index contributed by atoms with van der Waals surface area (Å²) < 4.78 is 0. The quantitative estimate of drug-likeness (QED) is 0.669. The summed E-state index contributed by atoms with van der Waals surface area (Å²) in [7, 11) is 0. The first kappa shape index (κ1) is 17.3. The molecule has 1 aliphatic heterocycles. The predicted octanol–water partition coefficient (Wildman–Crippen LogP) is 4.28. The average Bonchev–Trinajstić information content (AvgIpc) is 2.73. The molecule has 1 saturated heterocycles. The van der Waals surface area contributed by atoms with Crippen molar-refractivity contribution < 1.29 is 4.79 Å². The number of hydrogen-bond donors (Lipinski definition) is 1. The molecule has 0 saturated carbocycles. The van der Waals surface area contributed by atoms with Crippen molar-refractivity contribution in [1.82, 2.24) is 5.32 Å². The molecule has 3 heteroatoms. The number of rotatable bonds is 6. The van der Waals surface area contributed by atoms with Crippen molar-refractivity contribution in [3.8, 4) is 0 Å². The minimum atomic E-state index is -0.387. The Hall–Kier alpha value is -3.07. The second-order valence-electron chi connectivity index (χ2n) is 7.39. The van der Waals surface area contributed by atoms with Gasteiger partial charge in [-0.15, -0.1) is 0 Å². The minimum absolute atomic E-state index is 0.112. The maximum Gasteiger partial charge on any atom is 0.232 e. The van der Waals surface area contributed by atoms with Crippen LogP contribution in [0.15, 0.2) is 84.9 Å². The summed E-state index contributed by atoms with van der Waals surface area (Å²) in [6.45, 7) is 4.40. The Morgan fingerprint density at radius 3 is 1.74 bits per heavy atom. The topological polar surface area (TPSA) is 32.3 Å². The fraction of sp³-hybridized carbons (Fsp3) is 0.208. The number of β-lactam (4-membered cyclic amide) rings is 1. The van der Waals surface area contributed by atoms with Crippen molar-refractivity contribution in [2.75, 3.05) is 11.4 Å². The van der Waals surface area contributed by atoms with Crippen molar-refractivity contribution in [2.45, 2.75) is 25.4 Å². The first-order chi connectivity index (χ1) is 13.1. The second-order valence-corrected chi connectivity index (χ2v) is 7.39. The molecule has 1 amide bonds. The van der Waals surface area contributed by atoms with E-state index in [1.54, 1.807) is 0 Å². The number of nitrogens with zero attached hydrogens (tertiary/aromatic N) is 1. The zero-order chi connectivity index (χ0) is 18.7. The molecule has 0 bridgehead atoms. The fourth-order valence-corrected chi connectivity index (χ4v) is 3.55. The first-order valence-electron chi connectivity index (χ1n) is 9.37. The maximum atomic E-state index is 11.9. The molecule has 27 heavy (non-hydrogen) atoms. The lowest BCUT2D eigenvalue weighted by Gasteiger charge is -2.38. The predicted molar refractivity (Wildman–Crippen MR) is 110 cm³/mol. The van der Waals surface area contributed by atoms with Crippen molar-refractivity contribution in [3.63, 3.8) is 0 Å². The highest BCUT2D eigenvalue weighted by Gasteiger charge is 2.43. The lowest BCUT2D eigenvalue weighted by atomic mass is 9.76. The van der Waals surface area contributed by atoms with Gasteiger partial charge in [-0.1, -0.05) is 72.8 Å². The molecule has 1 N–H and O–H groups in total. The molecule has 0 aromatic heterocycles. The lowest BCUT2D eigenvalue weighted by molar-refractivity contribution is -0.132. The van der Waals surface area contributed by atoms with Crippen LogP contribution in [0.5, 0.6) is 0 Å². The van der Waals surface area contributed by atoms with E-state index in [2.05, 4.69) is 83.0 Å². The van der Waals surface area contributed by atoms with Gasteiger partial charge in [0.1, 0.15) is 0 Å². The van der Waals surface area contributed by atoms with E-state index >= 15 is 0 Å². The van der Waals surface area contributed by atoms with Crippen molar-refractivity contribution in [1.29, 1.82) is 0 Å². The van der Waals surface area contributed by atoms with Crippen LogP contribution in [0.25, 0.3) is 0 Å². The van der Waals surface area contributed by atoms with Gasteiger partial charge in [-0.25, -0.2) is 0 Å². The van der Waals surface area contributed by atoms with Gasteiger partial charge < -0.3 is 10.2 Å². The summed E-state index contributed by atoms with van der Waals surface area (Å²) in [4.78, 5) is 14.3. The van der Waals surface area contributed by atoms with Gasteiger partial charge in [-0.3, -0.25) is 4.79 Å². The van der Waals surface area contributed by atoms with Crippen LogP contribution in [-0.2, 0) is 23.3 Å². The Balaban J connectivity index is 1.60. The molecule has 1 heterocycles. The zero-order valence-corrected chi connectivity index (χ0v) is 15.6. The smallest absolute Gasteiger partial charge is 0.232 e. The lowest BCUT2D eigenvalue weighted by Crippen LogP contribution is -2.60. The van der Waals surface area contributed by atoms with Crippen LogP contribution < -0.4 is 10.2 Å². The average molecular weight is 356 g/mol. The number of anilines is 1. The Labute approximate surface area is 160 Å². The molecule has 0 radical (unpaired) electrons. The number of nitrogens with one attached hydrogen (secondary N) is 1. The maximum absolute atomic E-state index is 11.9. The van der Waals surface area contributed by atoms with Gasteiger partial charge in [0.15, 0.2) is 0 Å². The molecule has 1 unspecified atom stereocenters. The monoisotopic (exact) mass is 356 g/mol. The highest BCUT2D eigenvalue weighted by Crippen LogP contribution is 2.31. The Morgan fingerprint density at radius 1 is 0.815 bits per heavy atom. The van der Waals surface area contributed by atoms with Gasteiger partial charge in [0.25, 0.3) is 0 Å². The molecule has 0 aliphatic carbocycles. The molecule has 3 aromatic rings. The van der Waals surface area contributed by atoms with E-state index in [9.17, 15) is 4.79 Å². The van der Waals surface area contributed by atoms with Crippen molar-refractivity contribution in [2.24, 2.45) is 0 Å². The third-order valence-corrected chi connectivity index (χ3v) is 5.41. The molecule has 3 aromatic carbocycles. The Kier molecular flexibility index (Phi) is 4.68. The molecule has 3 nitrogen and oxygen atoms in total. The first-order valence-corrected chi connectivity index (χ1v) is 9.37. The van der Waals surface area contributed by atoms with Crippen LogP contribution in [0.2, 0.25) is 0 Å². The SMILES string of the molecule is CC1(c2ccc(N(Cc3ccccc3)Cc3ccccc3)cc2)CNC1=O. The van der Waals surface area contributed by atoms with Gasteiger partial charge in [0.2, 0.25) is 5.91 Å². The standard InChI is InChI=1S/C24H24N2O/c1-24(18-25-23(24)27)21-12-14-22(15-13-21)26(16-19-8-4-2-5-9-19)17-20-10-6-3-7-11-20/h2-15H,16-18H2,1H3,(H,25,27). The molecule has 1 atom stereocenters. The van der Waals surface area contributed by atoms with Gasteiger partial charge in [0, 0.05) is 25.3 Å². The van der Waals surface area contributed by atoms with Gasteiger partial charge in [0.05, 0.1) is 5.41 Å². The summed E-state index contributed by atoms with van der Waals surface area (Å²) >= 11 is 0. The van der Waals surface area contributed by atoms with Crippen LogP contribution in [0.4, 0.5) is 5.69 Å². The van der Waals surface area contributed by atoms with E-state index in [0.29, 0.717) is 6.54 Å². The van der Waals surface area contributed by atoms with Crippen LogP contribution in [0.1, 0.15) is 23.6 Å². The molecule has 136 valence electrons. The van der Waals surface area contributed by atoms with Gasteiger partial charge in [-0.05, 0) is 35.7 Å². The largest absolute Gasteiger partial charge is 0.363 e. The van der Waals surface area contributed by atoms with Gasteiger partial charge in [-0.2, -0.15) is 0 Å². The normalized spacial score (nSPS) is 18.5. The molecule has 1 aliphatic rings. The summed E-state index contributed by atoms with van der Waals surface area (Å²) in [5.74, 6) is 0.112. The van der Waals surface area contributed by atoms with E-state index in [0.717, 1.165) is 24.3 Å². The number of hydrogen-bond acceptors (Lipinski definition) is 2. The Morgan fingerprint density at radius 2 is 1.33 bits per heavy atom. The molecule has 4 rings (SSSR count). The molecular formula is C24H24N2O. The van der Waals surface area contributed by atoms with Crippen molar-refractivity contribution >= 4 is 11.6 Å². The van der Waals surface area contributed by atoms with E-state index in [-0.39, 0.29) is 11.3 Å². The van der Waals surface area contributed by atoms with E-state index in [1.165, 1.54) is 11.1 Å². The highest BCUT2D eigenvalue weighted by atomic mass is 16.2. The van der Waals surface area contributed by atoms with E-state index in [4.69, 9.17) is 0 Å². The Bertz CT molecular complexity index is 865. The highest BCUT2D eigenvalue weighted by molar-refractivity contribution is 5.93. The molecular weight excluding hydrogens is 332 g/mol. The van der Waals surface area contributed by atoms with E-state index in [1.807, 2.05) is 19.1 Å². The van der Waals surface area contributed by atoms with Crippen molar-refractivity contribution in [3.05, 3.63) is 102 Å². The summed E-state index contributed by atoms with van der Waals surface area (Å²) in [6, 6.07) is 29.5. The third-order valence-electron chi connectivity index (χ3n) is 5.41. The molecule has 1 fully saturated rings. The number of carbonyl (C=O) groups excluding carboxylic acids is 1. The molecule has 0 spiro atoms. The van der Waals surface area contributed by atoms with Crippen LogP contribution in [0, 0.1) is 0 Å². The summed E-state index contributed by atoms with van der Waals surface area (Å²) in [5.41, 5.74) is 4.41. The van der Waals surface area contributed by atoms with Crippen LogP contribution >= 0.6 is 0 Å². The summed E-state index contributed by atoms with van der Waals surface area (Å²) in [6.07, 6.45) is 0. The number of amides is 1. The summed E-state index contributed by atoms with van der Waals surface area (Å²) in [5, 5.41) is 2.85. The number of benzene rings is 3. The van der Waals surface area contributed by atoms with Crippen LogP contribution in [0.3, 0.4) is 0 Å². The van der Waals surface area contributed by atoms with Gasteiger partial charge >= 0.3 is 0 Å². The third kappa shape index (κ3) is 3.59. The minimum Gasteiger partial charge on any atom is -0.363 e. The fourth-order valence-electron chi connectivity index (χ4n) is 3.55. The second kappa shape index (κ2) is 7.28. The van der Waals surface area contributed by atoms with Crippen LogP contribution in [-0.4, -0.2) is 12.5 Å². The van der Waals surface area contributed by atoms with E-state index < -0.39 is 0 Å².